The Labute approximate surface area is 230 Å². The van der Waals surface area contributed by atoms with Gasteiger partial charge in [-0.05, 0) is 55.5 Å². The SMILES string of the molecule is CC(C)c1ccc(N(CC(=O)N(Cc2c(Cl)cccc2Cl)[C@H](C)C(=O)NC2CCCC2)S(C)(=O)=O)cc1. The highest BCUT2D eigenvalue weighted by Crippen LogP contribution is 2.28. The molecule has 0 unspecified atom stereocenters. The number of hydrogen-bond donors (Lipinski definition) is 1. The number of halogens is 2. The van der Waals surface area contributed by atoms with E-state index < -0.39 is 28.5 Å². The fourth-order valence-corrected chi connectivity index (χ4v) is 5.83. The number of anilines is 1. The second kappa shape index (κ2) is 12.5. The summed E-state index contributed by atoms with van der Waals surface area (Å²) < 4.78 is 26.5. The second-order valence-electron chi connectivity index (χ2n) is 9.90. The maximum absolute atomic E-state index is 13.7. The van der Waals surface area contributed by atoms with Gasteiger partial charge in [0.15, 0.2) is 0 Å². The molecule has 7 nitrogen and oxygen atoms in total. The fraction of sp³-hybridized carbons (Fsp3) is 0.481. The second-order valence-corrected chi connectivity index (χ2v) is 12.6. The number of amides is 2. The van der Waals surface area contributed by atoms with Crippen LogP contribution < -0.4 is 9.62 Å². The van der Waals surface area contributed by atoms with Crippen LogP contribution in [0.2, 0.25) is 10.0 Å². The molecular formula is C27H35Cl2N3O4S. The molecule has 1 fully saturated rings. The van der Waals surface area contributed by atoms with Gasteiger partial charge in [0.05, 0.1) is 11.9 Å². The van der Waals surface area contributed by atoms with Crippen molar-refractivity contribution in [1.29, 1.82) is 0 Å². The topological polar surface area (TPSA) is 86.8 Å². The Morgan fingerprint density at radius 2 is 1.57 bits per heavy atom. The Bertz CT molecular complexity index is 1190. The first-order valence-corrected chi connectivity index (χ1v) is 15.1. The van der Waals surface area contributed by atoms with Gasteiger partial charge in [-0.25, -0.2) is 8.42 Å². The van der Waals surface area contributed by atoms with E-state index in [0.717, 1.165) is 41.8 Å². The summed E-state index contributed by atoms with van der Waals surface area (Å²) in [6.07, 6.45) is 4.96. The van der Waals surface area contributed by atoms with Crippen molar-refractivity contribution in [2.75, 3.05) is 17.1 Å². The number of benzene rings is 2. The van der Waals surface area contributed by atoms with Crippen LogP contribution in [0.3, 0.4) is 0 Å². The van der Waals surface area contributed by atoms with E-state index in [1.54, 1.807) is 37.3 Å². The number of rotatable bonds is 10. The lowest BCUT2D eigenvalue weighted by molar-refractivity contribution is -0.139. The standard InChI is InChI=1S/C27H35Cl2N3O4S/c1-18(2)20-12-14-22(15-13-20)32(37(4,35)36)17-26(33)31(16-23-24(28)10-7-11-25(23)29)19(3)27(34)30-21-8-5-6-9-21/h7,10-15,18-19,21H,5-6,8-9,16-17H2,1-4H3,(H,30,34)/t19-/m1/s1. The highest BCUT2D eigenvalue weighted by atomic mass is 35.5. The number of carbonyl (C=O) groups excluding carboxylic acids is 2. The molecule has 202 valence electrons. The molecule has 0 heterocycles. The van der Waals surface area contributed by atoms with Crippen LogP contribution in [-0.4, -0.2) is 50.0 Å². The molecule has 0 aromatic heterocycles. The average molecular weight is 569 g/mol. The van der Waals surface area contributed by atoms with Gasteiger partial charge in [0.1, 0.15) is 12.6 Å². The summed E-state index contributed by atoms with van der Waals surface area (Å²) in [5, 5.41) is 3.75. The molecule has 10 heteroatoms. The van der Waals surface area contributed by atoms with Crippen molar-refractivity contribution in [3.63, 3.8) is 0 Å². The molecule has 0 radical (unpaired) electrons. The molecule has 0 aliphatic heterocycles. The summed E-state index contributed by atoms with van der Waals surface area (Å²) in [6.45, 7) is 5.21. The van der Waals surface area contributed by atoms with Crippen molar-refractivity contribution in [3.8, 4) is 0 Å². The van der Waals surface area contributed by atoms with Crippen LogP contribution in [-0.2, 0) is 26.2 Å². The summed E-state index contributed by atoms with van der Waals surface area (Å²) in [5.41, 5.74) is 1.92. The number of carbonyl (C=O) groups is 2. The van der Waals surface area contributed by atoms with Gasteiger partial charge in [-0.1, -0.05) is 68.1 Å². The van der Waals surface area contributed by atoms with E-state index in [0.29, 0.717) is 21.3 Å². The average Bonchev–Trinajstić information content (AvgIpc) is 3.34. The highest BCUT2D eigenvalue weighted by Gasteiger charge is 2.32. The van der Waals surface area contributed by atoms with Crippen molar-refractivity contribution in [2.24, 2.45) is 0 Å². The zero-order valence-electron chi connectivity index (χ0n) is 21.7. The molecule has 0 saturated heterocycles. The Balaban J connectivity index is 1.92. The summed E-state index contributed by atoms with van der Waals surface area (Å²) in [6, 6.07) is 11.3. The monoisotopic (exact) mass is 567 g/mol. The van der Waals surface area contributed by atoms with Crippen LogP contribution >= 0.6 is 23.2 Å². The zero-order valence-corrected chi connectivity index (χ0v) is 24.0. The lowest BCUT2D eigenvalue weighted by Crippen LogP contribution is -2.52. The molecule has 1 aliphatic carbocycles. The Morgan fingerprint density at radius 3 is 2.08 bits per heavy atom. The number of hydrogen-bond acceptors (Lipinski definition) is 4. The van der Waals surface area contributed by atoms with Gasteiger partial charge in [0.2, 0.25) is 21.8 Å². The van der Waals surface area contributed by atoms with Crippen molar-refractivity contribution >= 4 is 50.7 Å². The molecule has 37 heavy (non-hydrogen) atoms. The molecule has 1 saturated carbocycles. The van der Waals surface area contributed by atoms with Crippen LogP contribution in [0, 0.1) is 0 Å². The number of nitrogens with one attached hydrogen (secondary N) is 1. The Kier molecular flexibility index (Phi) is 9.89. The first-order valence-electron chi connectivity index (χ1n) is 12.5. The van der Waals surface area contributed by atoms with Gasteiger partial charge in [-0.15, -0.1) is 0 Å². The maximum atomic E-state index is 13.7. The smallest absolute Gasteiger partial charge is 0.244 e. The normalized spacial score (nSPS) is 15.0. The third-order valence-corrected chi connectivity index (χ3v) is 8.63. The van der Waals surface area contributed by atoms with E-state index in [9.17, 15) is 18.0 Å². The molecule has 2 amide bonds. The number of nitrogens with zero attached hydrogens (tertiary/aromatic N) is 2. The van der Waals surface area contributed by atoms with Gasteiger partial charge in [-0.3, -0.25) is 13.9 Å². The predicted molar refractivity (Wildman–Crippen MR) is 150 cm³/mol. The van der Waals surface area contributed by atoms with Gasteiger partial charge >= 0.3 is 0 Å². The molecule has 1 N–H and O–H groups in total. The molecule has 1 aliphatic rings. The van der Waals surface area contributed by atoms with Gasteiger partial charge in [0, 0.05) is 28.2 Å². The minimum Gasteiger partial charge on any atom is -0.352 e. The minimum atomic E-state index is -3.80. The van der Waals surface area contributed by atoms with Crippen molar-refractivity contribution in [2.45, 2.75) is 71.0 Å². The Morgan fingerprint density at radius 1 is 1.00 bits per heavy atom. The van der Waals surface area contributed by atoms with Gasteiger partial charge in [0.25, 0.3) is 0 Å². The quantitative estimate of drug-likeness (QED) is 0.418. The van der Waals surface area contributed by atoms with Crippen LogP contribution in [0.25, 0.3) is 0 Å². The summed E-state index contributed by atoms with van der Waals surface area (Å²) in [5.74, 6) is -0.559. The van der Waals surface area contributed by atoms with E-state index in [-0.39, 0.29) is 24.4 Å². The largest absolute Gasteiger partial charge is 0.352 e. The molecule has 1 atom stereocenters. The van der Waals surface area contributed by atoms with Gasteiger partial charge < -0.3 is 10.2 Å². The lowest BCUT2D eigenvalue weighted by atomic mass is 10.0. The zero-order chi connectivity index (χ0) is 27.3. The fourth-order valence-electron chi connectivity index (χ4n) is 4.47. The summed E-state index contributed by atoms with van der Waals surface area (Å²) in [4.78, 5) is 28.2. The molecule has 0 bridgehead atoms. The maximum Gasteiger partial charge on any atom is 0.244 e. The van der Waals surface area contributed by atoms with Crippen LogP contribution in [0.5, 0.6) is 0 Å². The molecule has 3 rings (SSSR count). The summed E-state index contributed by atoms with van der Waals surface area (Å²) >= 11 is 12.8. The van der Waals surface area contributed by atoms with E-state index >= 15 is 0 Å². The highest BCUT2D eigenvalue weighted by molar-refractivity contribution is 7.92. The van der Waals surface area contributed by atoms with E-state index in [2.05, 4.69) is 5.32 Å². The van der Waals surface area contributed by atoms with Gasteiger partial charge in [-0.2, -0.15) is 0 Å². The van der Waals surface area contributed by atoms with Crippen LogP contribution in [0.1, 0.15) is 63.5 Å². The van der Waals surface area contributed by atoms with Crippen molar-refractivity contribution in [1.82, 2.24) is 10.2 Å². The third kappa shape index (κ3) is 7.62. The van der Waals surface area contributed by atoms with Crippen molar-refractivity contribution in [3.05, 3.63) is 63.6 Å². The lowest BCUT2D eigenvalue weighted by Gasteiger charge is -2.32. The molecule has 2 aromatic carbocycles. The number of sulfonamides is 1. The van der Waals surface area contributed by atoms with E-state index in [1.165, 1.54) is 4.90 Å². The molecule has 0 spiro atoms. The first-order chi connectivity index (χ1) is 17.4. The Hall–Kier alpha value is -2.29. The van der Waals surface area contributed by atoms with Crippen LogP contribution in [0.4, 0.5) is 5.69 Å². The predicted octanol–water partition coefficient (Wildman–Crippen LogP) is 5.36. The van der Waals surface area contributed by atoms with Crippen LogP contribution in [0.15, 0.2) is 42.5 Å². The summed E-state index contributed by atoms with van der Waals surface area (Å²) in [7, 11) is -3.80. The first kappa shape index (κ1) is 29.3. The van der Waals surface area contributed by atoms with E-state index in [1.807, 2.05) is 26.0 Å². The van der Waals surface area contributed by atoms with Crippen molar-refractivity contribution < 1.29 is 18.0 Å². The van der Waals surface area contributed by atoms with E-state index in [4.69, 9.17) is 23.2 Å². The third-order valence-electron chi connectivity index (χ3n) is 6.79. The molecular weight excluding hydrogens is 533 g/mol. The molecule has 2 aromatic rings. The minimum absolute atomic E-state index is 0.0412.